The van der Waals surface area contributed by atoms with Crippen molar-refractivity contribution in [2.45, 2.75) is 38.8 Å². The Labute approximate surface area is 206 Å². The molecule has 34 heavy (non-hydrogen) atoms. The lowest BCUT2D eigenvalue weighted by Crippen LogP contribution is -2.51. The quantitative estimate of drug-likeness (QED) is 0.360. The molecule has 5 nitrogen and oxygen atoms in total. The standard InChI is InChI=1S/C28H31ClN2O3/c1-2-3-18-30-28(33)26(19-22-12-6-4-7-13-22)31(20-23-14-10-11-17-25(23)29)27(32)21-34-24-15-8-5-9-16-24/h4-17,26H,2-3,18-21H2,1H3,(H,30,33)/t26-/m1/s1. The molecule has 0 spiro atoms. The van der Waals surface area contributed by atoms with Crippen LogP contribution in [0.2, 0.25) is 5.02 Å². The summed E-state index contributed by atoms with van der Waals surface area (Å²) in [6, 6.07) is 25.6. The van der Waals surface area contributed by atoms with Gasteiger partial charge in [0, 0.05) is 24.5 Å². The van der Waals surface area contributed by atoms with Gasteiger partial charge in [-0.2, -0.15) is 0 Å². The third-order valence-corrected chi connectivity index (χ3v) is 5.87. The van der Waals surface area contributed by atoms with E-state index in [1.165, 1.54) is 0 Å². The molecule has 0 saturated heterocycles. The summed E-state index contributed by atoms with van der Waals surface area (Å²) in [6.45, 7) is 2.66. The number of carbonyl (C=O) groups is 2. The van der Waals surface area contributed by atoms with Gasteiger partial charge in [-0.25, -0.2) is 0 Å². The number of nitrogens with one attached hydrogen (secondary N) is 1. The molecule has 0 aliphatic rings. The van der Waals surface area contributed by atoms with E-state index in [0.717, 1.165) is 24.0 Å². The minimum absolute atomic E-state index is 0.179. The molecule has 0 fully saturated rings. The van der Waals surface area contributed by atoms with E-state index in [9.17, 15) is 9.59 Å². The van der Waals surface area contributed by atoms with Crippen molar-refractivity contribution in [2.75, 3.05) is 13.2 Å². The number of hydrogen-bond acceptors (Lipinski definition) is 3. The van der Waals surface area contributed by atoms with Gasteiger partial charge in [0.15, 0.2) is 6.61 Å². The van der Waals surface area contributed by atoms with E-state index < -0.39 is 6.04 Å². The van der Waals surface area contributed by atoms with Gasteiger partial charge in [-0.1, -0.05) is 91.7 Å². The second-order valence-corrected chi connectivity index (χ2v) is 8.47. The zero-order valence-corrected chi connectivity index (χ0v) is 20.2. The van der Waals surface area contributed by atoms with Crippen LogP contribution in [0.5, 0.6) is 5.75 Å². The number of unbranched alkanes of at least 4 members (excludes halogenated alkanes) is 1. The zero-order valence-electron chi connectivity index (χ0n) is 19.5. The molecule has 1 atom stereocenters. The molecule has 0 heterocycles. The lowest BCUT2D eigenvalue weighted by molar-refractivity contribution is -0.142. The molecule has 0 aliphatic heterocycles. The first-order valence-electron chi connectivity index (χ1n) is 11.6. The second kappa shape index (κ2) is 13.4. The molecule has 178 valence electrons. The van der Waals surface area contributed by atoms with E-state index in [4.69, 9.17) is 16.3 Å². The SMILES string of the molecule is CCCCNC(=O)[C@@H](Cc1ccccc1)N(Cc1ccccc1Cl)C(=O)COc1ccccc1. The van der Waals surface area contributed by atoms with Gasteiger partial charge in [-0.15, -0.1) is 0 Å². The summed E-state index contributed by atoms with van der Waals surface area (Å²) in [7, 11) is 0. The highest BCUT2D eigenvalue weighted by molar-refractivity contribution is 6.31. The van der Waals surface area contributed by atoms with Crippen molar-refractivity contribution in [1.82, 2.24) is 10.2 Å². The third-order valence-electron chi connectivity index (χ3n) is 5.50. The van der Waals surface area contributed by atoms with Crippen molar-refractivity contribution >= 4 is 23.4 Å². The first kappa shape index (κ1) is 25.3. The number of hydrogen-bond donors (Lipinski definition) is 1. The van der Waals surface area contributed by atoms with Crippen LogP contribution in [-0.4, -0.2) is 35.9 Å². The summed E-state index contributed by atoms with van der Waals surface area (Å²) in [5.41, 5.74) is 1.75. The van der Waals surface area contributed by atoms with Crippen LogP contribution < -0.4 is 10.1 Å². The molecule has 0 bridgehead atoms. The smallest absolute Gasteiger partial charge is 0.261 e. The summed E-state index contributed by atoms with van der Waals surface area (Å²) in [5.74, 6) is 0.133. The predicted molar refractivity (Wildman–Crippen MR) is 136 cm³/mol. The van der Waals surface area contributed by atoms with Crippen LogP contribution in [-0.2, 0) is 22.6 Å². The van der Waals surface area contributed by atoms with Gasteiger partial charge in [0.25, 0.3) is 5.91 Å². The maximum Gasteiger partial charge on any atom is 0.261 e. The zero-order chi connectivity index (χ0) is 24.2. The molecule has 3 aromatic carbocycles. The fraction of sp³-hybridized carbons (Fsp3) is 0.286. The van der Waals surface area contributed by atoms with E-state index in [1.807, 2.05) is 66.7 Å². The van der Waals surface area contributed by atoms with E-state index in [2.05, 4.69) is 12.2 Å². The second-order valence-electron chi connectivity index (χ2n) is 8.06. The molecule has 3 aromatic rings. The predicted octanol–water partition coefficient (Wildman–Crippen LogP) is 5.28. The maximum absolute atomic E-state index is 13.5. The number of nitrogens with zero attached hydrogens (tertiary/aromatic N) is 1. The fourth-order valence-corrected chi connectivity index (χ4v) is 3.81. The highest BCUT2D eigenvalue weighted by Gasteiger charge is 2.31. The van der Waals surface area contributed by atoms with Gasteiger partial charge in [0.2, 0.25) is 5.91 Å². The van der Waals surface area contributed by atoms with Crippen molar-refractivity contribution in [3.05, 3.63) is 101 Å². The highest BCUT2D eigenvalue weighted by Crippen LogP contribution is 2.21. The van der Waals surface area contributed by atoms with Crippen LogP contribution in [0.3, 0.4) is 0 Å². The van der Waals surface area contributed by atoms with Gasteiger partial charge in [0.1, 0.15) is 11.8 Å². The molecule has 3 rings (SSSR count). The molecular formula is C28H31ClN2O3. The molecule has 0 aliphatic carbocycles. The molecule has 2 amide bonds. The van der Waals surface area contributed by atoms with E-state index in [-0.39, 0.29) is 25.0 Å². The Bertz CT molecular complexity index is 1040. The summed E-state index contributed by atoms with van der Waals surface area (Å²) in [6.07, 6.45) is 2.23. The molecule has 0 unspecified atom stereocenters. The minimum Gasteiger partial charge on any atom is -0.484 e. The van der Waals surface area contributed by atoms with Crippen LogP contribution in [0.4, 0.5) is 0 Å². The lowest BCUT2D eigenvalue weighted by atomic mass is 10.0. The number of rotatable bonds is 12. The van der Waals surface area contributed by atoms with Gasteiger partial charge in [-0.05, 0) is 35.7 Å². The highest BCUT2D eigenvalue weighted by atomic mass is 35.5. The average molecular weight is 479 g/mol. The minimum atomic E-state index is -0.706. The Morgan fingerprint density at radius 3 is 2.26 bits per heavy atom. The molecular weight excluding hydrogens is 448 g/mol. The molecule has 1 N–H and O–H groups in total. The molecule has 0 saturated carbocycles. The van der Waals surface area contributed by atoms with Crippen molar-refractivity contribution in [2.24, 2.45) is 0 Å². The Morgan fingerprint density at radius 2 is 1.59 bits per heavy atom. The summed E-state index contributed by atoms with van der Waals surface area (Å²) in [4.78, 5) is 28.4. The number of benzene rings is 3. The van der Waals surface area contributed by atoms with Gasteiger partial charge in [0.05, 0.1) is 0 Å². The number of para-hydroxylation sites is 1. The summed E-state index contributed by atoms with van der Waals surface area (Å²) >= 11 is 6.42. The van der Waals surface area contributed by atoms with Crippen molar-refractivity contribution in [1.29, 1.82) is 0 Å². The third kappa shape index (κ3) is 7.63. The van der Waals surface area contributed by atoms with Gasteiger partial charge in [-0.3, -0.25) is 9.59 Å². The molecule has 0 radical (unpaired) electrons. The average Bonchev–Trinajstić information content (AvgIpc) is 2.87. The molecule has 0 aromatic heterocycles. The first-order chi connectivity index (χ1) is 16.6. The van der Waals surface area contributed by atoms with Crippen molar-refractivity contribution in [3.8, 4) is 5.75 Å². The Morgan fingerprint density at radius 1 is 0.941 bits per heavy atom. The summed E-state index contributed by atoms with van der Waals surface area (Å²) in [5, 5.41) is 3.56. The maximum atomic E-state index is 13.5. The van der Waals surface area contributed by atoms with Gasteiger partial charge < -0.3 is 15.0 Å². The van der Waals surface area contributed by atoms with E-state index >= 15 is 0 Å². The van der Waals surface area contributed by atoms with Crippen LogP contribution in [0.25, 0.3) is 0 Å². The number of carbonyl (C=O) groups excluding carboxylic acids is 2. The summed E-state index contributed by atoms with van der Waals surface area (Å²) < 4.78 is 5.74. The van der Waals surface area contributed by atoms with Crippen LogP contribution >= 0.6 is 11.6 Å². The van der Waals surface area contributed by atoms with E-state index in [1.54, 1.807) is 23.1 Å². The molecule has 6 heteroatoms. The first-order valence-corrected chi connectivity index (χ1v) is 12.0. The van der Waals surface area contributed by atoms with Gasteiger partial charge >= 0.3 is 0 Å². The van der Waals surface area contributed by atoms with Crippen molar-refractivity contribution in [3.63, 3.8) is 0 Å². The number of halogens is 1. The fourth-order valence-electron chi connectivity index (χ4n) is 3.61. The topological polar surface area (TPSA) is 58.6 Å². The van der Waals surface area contributed by atoms with Crippen LogP contribution in [0.15, 0.2) is 84.9 Å². The largest absolute Gasteiger partial charge is 0.484 e. The van der Waals surface area contributed by atoms with Crippen molar-refractivity contribution < 1.29 is 14.3 Å². The van der Waals surface area contributed by atoms with Crippen LogP contribution in [0, 0.1) is 0 Å². The monoisotopic (exact) mass is 478 g/mol. The van der Waals surface area contributed by atoms with Crippen LogP contribution in [0.1, 0.15) is 30.9 Å². The Kier molecular flexibility index (Phi) is 9.98. The van der Waals surface area contributed by atoms with E-state index in [0.29, 0.717) is 23.7 Å². The number of ether oxygens (including phenoxy) is 1. The lowest BCUT2D eigenvalue weighted by Gasteiger charge is -2.31. The Balaban J connectivity index is 1.89. The Hall–Kier alpha value is -3.31. The normalized spacial score (nSPS) is 11.5. The number of amides is 2.